The zero-order valence-corrected chi connectivity index (χ0v) is 12.9. The summed E-state index contributed by atoms with van der Waals surface area (Å²) in [7, 11) is 0. The van der Waals surface area contributed by atoms with Gasteiger partial charge < -0.3 is 11.1 Å². The van der Waals surface area contributed by atoms with Crippen LogP contribution < -0.4 is 11.1 Å². The molecule has 0 radical (unpaired) electrons. The Balaban J connectivity index is 1.84. The van der Waals surface area contributed by atoms with E-state index in [-0.39, 0.29) is 6.04 Å². The Hall–Kier alpha value is -1.16. The SMILES string of the molecule is CC(C)C(NC1CC(N)c2ccccc21)c1cccs1. The first-order valence-electron chi connectivity index (χ1n) is 7.30. The zero-order chi connectivity index (χ0) is 14.1. The molecule has 2 aromatic rings. The highest BCUT2D eigenvalue weighted by molar-refractivity contribution is 7.10. The summed E-state index contributed by atoms with van der Waals surface area (Å²) in [6.45, 7) is 4.55. The first-order valence-corrected chi connectivity index (χ1v) is 8.18. The van der Waals surface area contributed by atoms with Gasteiger partial charge in [-0.15, -0.1) is 11.3 Å². The van der Waals surface area contributed by atoms with E-state index in [1.165, 1.54) is 16.0 Å². The Morgan fingerprint density at radius 3 is 2.55 bits per heavy atom. The summed E-state index contributed by atoms with van der Waals surface area (Å²) in [6, 6.07) is 13.9. The molecule has 0 saturated heterocycles. The minimum atomic E-state index is 0.167. The summed E-state index contributed by atoms with van der Waals surface area (Å²) in [4.78, 5) is 1.41. The van der Waals surface area contributed by atoms with E-state index in [1.807, 2.05) is 11.3 Å². The lowest BCUT2D eigenvalue weighted by atomic mass is 10.00. The summed E-state index contributed by atoms with van der Waals surface area (Å²) in [6.07, 6.45) is 0.994. The number of hydrogen-bond acceptors (Lipinski definition) is 3. The highest BCUT2D eigenvalue weighted by Gasteiger charge is 2.31. The molecule has 1 aromatic carbocycles. The van der Waals surface area contributed by atoms with Gasteiger partial charge in [-0.1, -0.05) is 44.2 Å². The summed E-state index contributed by atoms with van der Waals surface area (Å²) in [5, 5.41) is 5.99. The van der Waals surface area contributed by atoms with Gasteiger partial charge in [0.25, 0.3) is 0 Å². The topological polar surface area (TPSA) is 38.0 Å². The molecule has 3 N–H and O–H groups in total. The Morgan fingerprint density at radius 2 is 1.90 bits per heavy atom. The van der Waals surface area contributed by atoms with Crippen molar-refractivity contribution in [3.63, 3.8) is 0 Å². The van der Waals surface area contributed by atoms with Crippen molar-refractivity contribution in [1.29, 1.82) is 0 Å². The van der Waals surface area contributed by atoms with Crippen molar-refractivity contribution in [1.82, 2.24) is 5.32 Å². The predicted octanol–water partition coefficient (Wildman–Crippen LogP) is 4.18. The van der Waals surface area contributed by atoms with Crippen LogP contribution in [0.5, 0.6) is 0 Å². The van der Waals surface area contributed by atoms with Crippen LogP contribution in [0.15, 0.2) is 41.8 Å². The van der Waals surface area contributed by atoms with Gasteiger partial charge in [0.15, 0.2) is 0 Å². The lowest BCUT2D eigenvalue weighted by Crippen LogP contribution is -2.28. The second-order valence-electron chi connectivity index (χ2n) is 5.93. The number of benzene rings is 1. The molecule has 3 atom stereocenters. The average molecular weight is 286 g/mol. The fourth-order valence-electron chi connectivity index (χ4n) is 3.12. The second kappa shape index (κ2) is 5.68. The molecule has 1 aliphatic rings. The normalized spacial score (nSPS) is 23.0. The van der Waals surface area contributed by atoms with Gasteiger partial charge in [0, 0.05) is 23.0 Å². The monoisotopic (exact) mass is 286 g/mol. The van der Waals surface area contributed by atoms with Crippen molar-refractivity contribution in [3.8, 4) is 0 Å². The lowest BCUT2D eigenvalue weighted by Gasteiger charge is -2.26. The van der Waals surface area contributed by atoms with E-state index in [0.29, 0.717) is 18.0 Å². The van der Waals surface area contributed by atoms with Gasteiger partial charge in [0.05, 0.1) is 0 Å². The molecule has 106 valence electrons. The molecule has 0 aliphatic heterocycles. The number of nitrogens with two attached hydrogens (primary N) is 1. The van der Waals surface area contributed by atoms with Crippen LogP contribution in [-0.2, 0) is 0 Å². The number of rotatable bonds is 4. The maximum Gasteiger partial charge on any atom is 0.0442 e. The number of thiophene rings is 1. The largest absolute Gasteiger partial charge is 0.324 e. The Morgan fingerprint density at radius 1 is 1.15 bits per heavy atom. The van der Waals surface area contributed by atoms with Crippen molar-refractivity contribution >= 4 is 11.3 Å². The van der Waals surface area contributed by atoms with Crippen LogP contribution in [0.25, 0.3) is 0 Å². The number of nitrogens with one attached hydrogen (secondary N) is 1. The van der Waals surface area contributed by atoms with E-state index in [9.17, 15) is 0 Å². The van der Waals surface area contributed by atoms with E-state index >= 15 is 0 Å². The van der Waals surface area contributed by atoms with Gasteiger partial charge in [-0.25, -0.2) is 0 Å². The molecular weight excluding hydrogens is 264 g/mol. The Labute approximate surface area is 125 Å². The van der Waals surface area contributed by atoms with Crippen LogP contribution in [0.1, 0.15) is 54.4 Å². The van der Waals surface area contributed by atoms with E-state index in [4.69, 9.17) is 5.73 Å². The number of hydrogen-bond donors (Lipinski definition) is 2. The highest BCUT2D eigenvalue weighted by Crippen LogP contribution is 2.39. The van der Waals surface area contributed by atoms with Gasteiger partial charge in [-0.2, -0.15) is 0 Å². The molecule has 3 rings (SSSR count). The summed E-state index contributed by atoms with van der Waals surface area (Å²) >= 11 is 1.83. The van der Waals surface area contributed by atoms with Gasteiger partial charge >= 0.3 is 0 Å². The van der Waals surface area contributed by atoms with Crippen molar-refractivity contribution in [2.75, 3.05) is 0 Å². The summed E-state index contributed by atoms with van der Waals surface area (Å²) < 4.78 is 0. The van der Waals surface area contributed by atoms with Crippen LogP contribution in [0.2, 0.25) is 0 Å². The maximum atomic E-state index is 6.27. The van der Waals surface area contributed by atoms with Crippen molar-refractivity contribution in [2.45, 2.75) is 38.4 Å². The smallest absolute Gasteiger partial charge is 0.0442 e. The quantitative estimate of drug-likeness (QED) is 0.885. The fraction of sp³-hybridized carbons (Fsp3) is 0.412. The van der Waals surface area contributed by atoms with Gasteiger partial charge in [0.2, 0.25) is 0 Å². The summed E-state index contributed by atoms with van der Waals surface area (Å²) in [5.41, 5.74) is 8.95. The maximum absolute atomic E-state index is 6.27. The van der Waals surface area contributed by atoms with E-state index in [0.717, 1.165) is 6.42 Å². The van der Waals surface area contributed by atoms with Gasteiger partial charge in [-0.3, -0.25) is 0 Å². The van der Waals surface area contributed by atoms with Crippen molar-refractivity contribution in [2.24, 2.45) is 11.7 Å². The summed E-state index contributed by atoms with van der Waals surface area (Å²) in [5.74, 6) is 0.567. The van der Waals surface area contributed by atoms with Gasteiger partial charge in [0.1, 0.15) is 0 Å². The lowest BCUT2D eigenvalue weighted by molar-refractivity contribution is 0.358. The predicted molar refractivity (Wildman–Crippen MR) is 85.8 cm³/mol. The van der Waals surface area contributed by atoms with Crippen molar-refractivity contribution in [3.05, 3.63) is 57.8 Å². The molecular formula is C17H22N2S. The van der Waals surface area contributed by atoms with Crippen molar-refractivity contribution < 1.29 is 0 Å². The second-order valence-corrected chi connectivity index (χ2v) is 6.91. The molecule has 1 aromatic heterocycles. The van der Waals surface area contributed by atoms with Crippen LogP contribution in [0.3, 0.4) is 0 Å². The fourth-order valence-corrected chi connectivity index (χ4v) is 4.08. The molecule has 0 bridgehead atoms. The molecule has 0 saturated carbocycles. The molecule has 0 fully saturated rings. The van der Waals surface area contributed by atoms with E-state index < -0.39 is 0 Å². The number of fused-ring (bicyclic) bond motifs is 1. The first kappa shape index (κ1) is 13.8. The molecule has 20 heavy (non-hydrogen) atoms. The minimum Gasteiger partial charge on any atom is -0.324 e. The molecule has 1 heterocycles. The first-order chi connectivity index (χ1) is 9.66. The molecule has 0 spiro atoms. The standard InChI is InChI=1S/C17H22N2S/c1-11(2)17(16-8-5-9-20-16)19-15-10-14(18)12-6-3-4-7-13(12)15/h3-9,11,14-15,17,19H,10,18H2,1-2H3. The third kappa shape index (κ3) is 2.53. The Bertz CT molecular complexity index is 562. The Kier molecular flexibility index (Phi) is 3.92. The van der Waals surface area contributed by atoms with E-state index in [1.54, 1.807) is 0 Å². The zero-order valence-electron chi connectivity index (χ0n) is 12.0. The third-order valence-electron chi connectivity index (χ3n) is 4.16. The van der Waals surface area contributed by atoms with Crippen LogP contribution in [-0.4, -0.2) is 0 Å². The average Bonchev–Trinajstić information content (AvgIpc) is 3.05. The third-order valence-corrected chi connectivity index (χ3v) is 5.11. The van der Waals surface area contributed by atoms with Crippen LogP contribution >= 0.6 is 11.3 Å². The molecule has 0 amide bonds. The molecule has 3 heteroatoms. The van der Waals surface area contributed by atoms with Crippen LogP contribution in [0, 0.1) is 5.92 Å². The molecule has 2 nitrogen and oxygen atoms in total. The minimum absolute atomic E-state index is 0.167. The molecule has 1 aliphatic carbocycles. The van der Waals surface area contributed by atoms with Gasteiger partial charge in [-0.05, 0) is 34.9 Å². The highest BCUT2D eigenvalue weighted by atomic mass is 32.1. The van der Waals surface area contributed by atoms with E-state index in [2.05, 4.69) is 60.9 Å². The van der Waals surface area contributed by atoms with Crippen LogP contribution in [0.4, 0.5) is 0 Å². The molecule has 3 unspecified atom stereocenters.